The number of rotatable bonds is 2. The Labute approximate surface area is 93.3 Å². The predicted octanol–water partition coefficient (Wildman–Crippen LogP) is 1.73. The Bertz CT molecular complexity index is 269. The van der Waals surface area contributed by atoms with E-state index in [1.165, 1.54) is 0 Å². The van der Waals surface area contributed by atoms with Crippen LogP contribution in [-0.4, -0.2) is 37.6 Å². The summed E-state index contributed by atoms with van der Waals surface area (Å²) in [6.45, 7) is 6.32. The molecule has 1 heterocycles. The molecule has 15 heavy (non-hydrogen) atoms. The molecule has 0 spiro atoms. The lowest BCUT2D eigenvalue weighted by molar-refractivity contribution is -0.153. The predicted molar refractivity (Wildman–Crippen MR) is 57.7 cm³/mol. The molecule has 4 atom stereocenters. The average molecular weight is 216 g/mol. The Kier molecular flexibility index (Phi) is 2.31. The second-order valence-electron chi connectivity index (χ2n) is 5.48. The van der Waals surface area contributed by atoms with Gasteiger partial charge in [-0.15, -0.1) is 0 Å². The summed E-state index contributed by atoms with van der Waals surface area (Å²) < 4.78 is 19.0. The lowest BCUT2D eigenvalue weighted by atomic mass is 9.65. The van der Waals surface area contributed by atoms with Gasteiger partial charge < -0.3 is 14.6 Å². The van der Waals surface area contributed by atoms with Crippen LogP contribution in [0.5, 0.6) is 0 Å². The van der Waals surface area contributed by atoms with Gasteiger partial charge in [-0.1, -0.05) is 13.8 Å². The van der Waals surface area contributed by atoms with Crippen LogP contribution in [0.4, 0.5) is 0 Å². The molecule has 0 aromatic heterocycles. The summed E-state index contributed by atoms with van der Waals surface area (Å²) >= 11 is 0. The van der Waals surface area contributed by atoms with Crippen molar-refractivity contribution in [1.82, 2.24) is 0 Å². The highest BCUT2D eigenvalue weighted by atomic mass is 16.6. The van der Waals surface area contributed by atoms with Crippen molar-refractivity contribution in [3.05, 3.63) is 0 Å². The second kappa shape index (κ2) is 3.44. The van der Waals surface area contributed by atoms with E-state index < -0.39 is 5.60 Å². The fourth-order valence-corrected chi connectivity index (χ4v) is 3.02. The molecule has 3 unspecified atom stereocenters. The third-order valence-corrected chi connectivity index (χ3v) is 4.59. The minimum Gasteiger partial charge on any atom is -0.386 e. The van der Waals surface area contributed by atoms with Crippen LogP contribution in [0.25, 0.3) is 0 Å². The van der Waals surface area contributed by atoms with E-state index in [0.717, 1.165) is 19.3 Å². The van der Waals surface area contributed by atoms with Crippen molar-refractivity contribution < 1.29 is 14.6 Å². The van der Waals surface area contributed by atoms with Crippen molar-refractivity contribution in [2.45, 2.75) is 63.9 Å². The molecule has 0 radical (unpaired) electrons. The fraction of sp³-hybridized carbons (Fsp3) is 1.00. The van der Waals surface area contributed by atoms with E-state index in [4.69, 9.17) is 16.0 Å². The molecule has 2 rings (SSSR count). The molecule has 3 nitrogen and oxygen atoms in total. The minimum absolute atomic E-state index is 0.0586. The fourth-order valence-electron chi connectivity index (χ4n) is 3.02. The van der Waals surface area contributed by atoms with Crippen LogP contribution >= 0.6 is 0 Å². The van der Waals surface area contributed by atoms with E-state index in [2.05, 4.69) is 20.8 Å². The van der Waals surface area contributed by atoms with Crippen LogP contribution in [0.1, 0.15) is 40.0 Å². The molecule has 1 aliphatic carbocycles. The molecule has 0 amide bonds. The zero-order valence-corrected chi connectivity index (χ0v) is 10.1. The molecule has 3 heteroatoms. The van der Waals surface area contributed by atoms with Crippen molar-refractivity contribution in [2.75, 3.05) is 7.11 Å². The average Bonchev–Trinajstić information content (AvgIpc) is 2.48. The van der Waals surface area contributed by atoms with Gasteiger partial charge in [0.1, 0.15) is 11.7 Å². The van der Waals surface area contributed by atoms with Gasteiger partial charge in [-0.05, 0) is 26.2 Å². The number of fused-ring (bicyclic) bond motifs is 1. The van der Waals surface area contributed by atoms with E-state index >= 15 is 0 Å². The van der Waals surface area contributed by atoms with Gasteiger partial charge >= 0.3 is 0 Å². The third kappa shape index (κ3) is 1.37. The SMILES string of the molecule is [3H]OC12CCCC(OC)[C@H]1OC(C)C2(C)C. The van der Waals surface area contributed by atoms with Crippen molar-refractivity contribution >= 4 is 0 Å². The summed E-state index contributed by atoms with van der Waals surface area (Å²) in [5.74, 6) is 0. The highest BCUT2D eigenvalue weighted by molar-refractivity contribution is 5.11. The molecular formula is C12H22O3. The summed E-state index contributed by atoms with van der Waals surface area (Å²) in [5, 5.41) is 5.17. The zero-order valence-electron chi connectivity index (χ0n) is 11.1. The monoisotopic (exact) mass is 216 g/mol. The van der Waals surface area contributed by atoms with E-state index in [1.807, 2.05) is 0 Å². The summed E-state index contributed by atoms with van der Waals surface area (Å²) in [6, 6.07) is 0. The zero-order chi connectivity index (χ0) is 12.0. The molecule has 0 aromatic carbocycles. The number of ether oxygens (including phenoxy) is 2. The molecule has 1 saturated heterocycles. The van der Waals surface area contributed by atoms with Gasteiger partial charge in [0.25, 0.3) is 0 Å². The Hall–Kier alpha value is -0.120. The first-order chi connectivity index (χ1) is 7.49. The Morgan fingerprint density at radius 2 is 2.27 bits per heavy atom. The molecule has 2 fully saturated rings. The van der Waals surface area contributed by atoms with Crippen LogP contribution in [0, 0.1) is 5.41 Å². The lowest BCUT2D eigenvalue weighted by Gasteiger charge is -2.44. The molecule has 2 aliphatic rings. The largest absolute Gasteiger partial charge is 0.386 e. The van der Waals surface area contributed by atoms with Crippen molar-refractivity contribution in [3.8, 4) is 0 Å². The molecule has 88 valence electrons. The van der Waals surface area contributed by atoms with Crippen molar-refractivity contribution in [3.63, 3.8) is 0 Å². The molecule has 1 saturated carbocycles. The smallest absolute Gasteiger partial charge is 0.211 e. The second-order valence-corrected chi connectivity index (χ2v) is 5.48. The molecule has 0 aromatic rings. The van der Waals surface area contributed by atoms with Crippen LogP contribution in [0.2, 0.25) is 0 Å². The Morgan fingerprint density at radius 3 is 2.87 bits per heavy atom. The number of hydrogen-bond donors (Lipinski definition) is 1. The standard InChI is InChI=1S/C12H22O3/c1-8-11(2,3)12(13)7-5-6-9(14-4)10(12)15-8/h8-10,13H,5-7H2,1-4H3/t8?,9?,10-,12?/m1/s1/i13T. The first-order valence-corrected chi connectivity index (χ1v) is 5.82. The van der Waals surface area contributed by atoms with Crippen LogP contribution in [-0.2, 0) is 9.47 Å². The number of methoxy groups -OCH3 is 1. The van der Waals surface area contributed by atoms with Crippen molar-refractivity contribution in [1.29, 1.82) is 1.43 Å². The van der Waals surface area contributed by atoms with Crippen LogP contribution in [0.15, 0.2) is 0 Å². The van der Waals surface area contributed by atoms with E-state index in [1.54, 1.807) is 7.11 Å². The first kappa shape index (κ1) is 10.1. The minimum atomic E-state index is -0.509. The Balaban J connectivity index is 2.37. The van der Waals surface area contributed by atoms with Crippen LogP contribution in [0.3, 0.4) is 0 Å². The van der Waals surface area contributed by atoms with Gasteiger partial charge in [-0.25, -0.2) is 0 Å². The van der Waals surface area contributed by atoms with Gasteiger partial charge in [0.05, 0.1) is 12.2 Å². The topological polar surface area (TPSA) is 38.7 Å². The number of hydrogen-bond acceptors (Lipinski definition) is 3. The van der Waals surface area contributed by atoms with Crippen molar-refractivity contribution in [2.24, 2.45) is 5.41 Å². The van der Waals surface area contributed by atoms with Gasteiger partial charge in [0.2, 0.25) is 1.43 Å². The third-order valence-electron chi connectivity index (χ3n) is 4.59. The van der Waals surface area contributed by atoms with E-state index in [-0.39, 0.29) is 23.7 Å². The maximum atomic E-state index is 7.49. The normalized spacial score (nSPS) is 49.9. The van der Waals surface area contributed by atoms with Gasteiger partial charge in [-0.2, -0.15) is 0 Å². The van der Waals surface area contributed by atoms with Gasteiger partial charge in [0, 0.05) is 12.5 Å². The highest BCUT2D eigenvalue weighted by Crippen LogP contribution is 2.52. The molecular weight excluding hydrogens is 192 g/mol. The summed E-state index contributed by atoms with van der Waals surface area (Å²) in [6.07, 6.45) is 2.97. The van der Waals surface area contributed by atoms with E-state index in [0.29, 0.717) is 0 Å². The molecule has 1 aliphatic heterocycles. The quantitative estimate of drug-likeness (QED) is 0.764. The summed E-state index contributed by atoms with van der Waals surface area (Å²) in [5.41, 5.74) is -0.651. The highest BCUT2D eigenvalue weighted by Gasteiger charge is 2.62. The maximum absolute atomic E-state index is 7.49. The first-order valence-electron chi connectivity index (χ1n) is 6.23. The van der Waals surface area contributed by atoms with Gasteiger partial charge in [-0.3, -0.25) is 0 Å². The maximum Gasteiger partial charge on any atom is 0.211 e. The van der Waals surface area contributed by atoms with E-state index in [9.17, 15) is 0 Å². The van der Waals surface area contributed by atoms with Gasteiger partial charge in [0.15, 0.2) is 0 Å². The summed E-state index contributed by atoms with van der Waals surface area (Å²) in [4.78, 5) is 0. The summed E-state index contributed by atoms with van der Waals surface area (Å²) in [7, 11) is 1.71. The van der Waals surface area contributed by atoms with Crippen LogP contribution < -0.4 is 0 Å². The lowest BCUT2D eigenvalue weighted by Crippen LogP contribution is -2.56. The Morgan fingerprint density at radius 1 is 1.53 bits per heavy atom. The molecule has 1 N–H and O–H groups in total. The number of aliphatic hydroxyl groups is 1. The molecule has 0 bridgehead atoms.